The van der Waals surface area contributed by atoms with Crippen molar-refractivity contribution >= 4 is 0 Å². The monoisotopic (exact) mass is 352 g/mol. The summed E-state index contributed by atoms with van der Waals surface area (Å²) in [7, 11) is 1.47. The molecule has 132 valence electrons. The van der Waals surface area contributed by atoms with Crippen molar-refractivity contribution in [2.75, 3.05) is 13.9 Å². The SMILES string of the molecule is COc1cc(C2NCc3ccc4c(c3-n3cccc32)OCO4)ccc1F. The number of fused-ring (bicyclic) bond motifs is 5. The zero-order valence-electron chi connectivity index (χ0n) is 14.2. The van der Waals surface area contributed by atoms with Crippen LogP contribution in [0.1, 0.15) is 22.9 Å². The first-order valence-electron chi connectivity index (χ1n) is 8.42. The first-order chi connectivity index (χ1) is 12.8. The van der Waals surface area contributed by atoms with Gasteiger partial charge >= 0.3 is 0 Å². The number of rotatable bonds is 2. The zero-order chi connectivity index (χ0) is 17.7. The van der Waals surface area contributed by atoms with Crippen molar-refractivity contribution in [1.29, 1.82) is 0 Å². The molecule has 2 aliphatic heterocycles. The lowest BCUT2D eigenvalue weighted by atomic mass is 10.0. The molecule has 0 spiro atoms. The highest BCUT2D eigenvalue weighted by Gasteiger charge is 2.29. The third-order valence-corrected chi connectivity index (χ3v) is 4.92. The van der Waals surface area contributed by atoms with E-state index in [4.69, 9.17) is 14.2 Å². The standard InChI is InChI=1S/C20H17FN2O3/c1-24-17-9-12(4-6-14(17)21)18-15-3-2-8-23(15)19-13(10-22-18)5-7-16-20(19)26-11-25-16/h2-9,18,22H,10-11H2,1H3. The van der Waals surface area contributed by atoms with E-state index in [-0.39, 0.29) is 24.4 Å². The minimum absolute atomic E-state index is 0.107. The Labute approximate surface area is 149 Å². The highest BCUT2D eigenvalue weighted by atomic mass is 19.1. The van der Waals surface area contributed by atoms with Gasteiger partial charge in [0.05, 0.1) is 18.8 Å². The summed E-state index contributed by atoms with van der Waals surface area (Å²) in [5, 5.41) is 3.56. The Morgan fingerprint density at radius 2 is 2.12 bits per heavy atom. The Morgan fingerprint density at radius 3 is 3.00 bits per heavy atom. The van der Waals surface area contributed by atoms with Gasteiger partial charge in [0, 0.05) is 18.4 Å². The van der Waals surface area contributed by atoms with E-state index in [0.29, 0.717) is 6.54 Å². The van der Waals surface area contributed by atoms with E-state index in [9.17, 15) is 4.39 Å². The van der Waals surface area contributed by atoms with Gasteiger partial charge in [0.2, 0.25) is 6.79 Å². The van der Waals surface area contributed by atoms with Gasteiger partial charge in [-0.2, -0.15) is 0 Å². The topological polar surface area (TPSA) is 44.7 Å². The molecule has 1 N–H and O–H groups in total. The first-order valence-corrected chi connectivity index (χ1v) is 8.42. The number of hydrogen-bond donors (Lipinski definition) is 1. The van der Waals surface area contributed by atoms with Crippen LogP contribution in [0.5, 0.6) is 17.2 Å². The smallest absolute Gasteiger partial charge is 0.231 e. The Hall–Kier alpha value is -2.99. The maximum Gasteiger partial charge on any atom is 0.231 e. The van der Waals surface area contributed by atoms with E-state index in [1.165, 1.54) is 13.2 Å². The predicted molar refractivity (Wildman–Crippen MR) is 93.5 cm³/mol. The van der Waals surface area contributed by atoms with Crippen LogP contribution in [0.4, 0.5) is 4.39 Å². The lowest BCUT2D eigenvalue weighted by Crippen LogP contribution is -2.21. The predicted octanol–water partition coefficient (Wildman–Crippen LogP) is 3.55. The average molecular weight is 352 g/mol. The van der Waals surface area contributed by atoms with Crippen molar-refractivity contribution in [1.82, 2.24) is 9.88 Å². The first kappa shape index (κ1) is 15.3. The quantitative estimate of drug-likeness (QED) is 0.766. The third kappa shape index (κ3) is 2.19. The number of benzene rings is 2. The summed E-state index contributed by atoms with van der Waals surface area (Å²) >= 11 is 0. The molecular weight excluding hydrogens is 335 g/mol. The van der Waals surface area contributed by atoms with E-state index in [1.807, 2.05) is 24.4 Å². The molecule has 26 heavy (non-hydrogen) atoms. The van der Waals surface area contributed by atoms with Gasteiger partial charge in [-0.15, -0.1) is 0 Å². The molecule has 0 bridgehead atoms. The average Bonchev–Trinajstić information content (AvgIpc) is 3.30. The molecule has 0 radical (unpaired) electrons. The van der Waals surface area contributed by atoms with Gasteiger partial charge in [-0.1, -0.05) is 12.1 Å². The normalized spacial score (nSPS) is 17.4. The molecule has 0 saturated carbocycles. The lowest BCUT2D eigenvalue weighted by Gasteiger charge is -2.19. The molecule has 0 saturated heterocycles. The molecule has 5 rings (SSSR count). The van der Waals surface area contributed by atoms with E-state index in [0.717, 1.165) is 34.0 Å². The number of nitrogens with zero attached hydrogens (tertiary/aromatic N) is 1. The largest absolute Gasteiger partial charge is 0.494 e. The van der Waals surface area contributed by atoms with Gasteiger partial charge in [-0.05, 0) is 41.5 Å². The van der Waals surface area contributed by atoms with Crippen LogP contribution in [0, 0.1) is 5.82 Å². The van der Waals surface area contributed by atoms with Crippen LogP contribution in [0.15, 0.2) is 48.7 Å². The van der Waals surface area contributed by atoms with Gasteiger partial charge in [-0.25, -0.2) is 4.39 Å². The van der Waals surface area contributed by atoms with Crippen molar-refractivity contribution in [3.05, 3.63) is 71.3 Å². The number of halogens is 1. The number of aromatic nitrogens is 1. The fourth-order valence-corrected chi connectivity index (χ4v) is 3.70. The summed E-state index contributed by atoms with van der Waals surface area (Å²) in [5.41, 5.74) is 4.08. The molecule has 3 heterocycles. The number of methoxy groups -OCH3 is 1. The highest BCUT2D eigenvalue weighted by Crippen LogP contribution is 2.43. The molecule has 1 unspecified atom stereocenters. The molecular formula is C20H17FN2O3. The van der Waals surface area contributed by atoms with Crippen molar-refractivity contribution in [3.63, 3.8) is 0 Å². The molecule has 2 aliphatic rings. The molecule has 6 heteroatoms. The van der Waals surface area contributed by atoms with Crippen LogP contribution < -0.4 is 19.5 Å². The van der Waals surface area contributed by atoms with E-state index in [2.05, 4.69) is 16.0 Å². The second kappa shape index (κ2) is 5.78. The van der Waals surface area contributed by atoms with E-state index < -0.39 is 0 Å². The van der Waals surface area contributed by atoms with Crippen LogP contribution in [-0.2, 0) is 6.54 Å². The Kier molecular flexibility index (Phi) is 3.39. The van der Waals surface area contributed by atoms with E-state index in [1.54, 1.807) is 12.1 Å². The number of nitrogens with one attached hydrogen (secondary N) is 1. The van der Waals surface area contributed by atoms with Crippen molar-refractivity contribution in [2.24, 2.45) is 0 Å². The third-order valence-electron chi connectivity index (χ3n) is 4.92. The Balaban J connectivity index is 1.67. The fourth-order valence-electron chi connectivity index (χ4n) is 3.70. The molecule has 0 amide bonds. The van der Waals surface area contributed by atoms with Gasteiger partial charge in [0.15, 0.2) is 23.1 Å². The van der Waals surface area contributed by atoms with Gasteiger partial charge < -0.3 is 24.1 Å². The minimum Gasteiger partial charge on any atom is -0.494 e. The zero-order valence-corrected chi connectivity index (χ0v) is 14.2. The lowest BCUT2D eigenvalue weighted by molar-refractivity contribution is 0.173. The van der Waals surface area contributed by atoms with Crippen molar-refractivity contribution < 1.29 is 18.6 Å². The summed E-state index contributed by atoms with van der Waals surface area (Å²) in [4.78, 5) is 0. The molecule has 2 aromatic carbocycles. The van der Waals surface area contributed by atoms with Crippen LogP contribution in [0.25, 0.3) is 5.69 Å². The molecule has 1 aromatic heterocycles. The molecule has 5 nitrogen and oxygen atoms in total. The summed E-state index contributed by atoms with van der Waals surface area (Å²) in [6, 6.07) is 12.9. The van der Waals surface area contributed by atoms with Gasteiger partial charge in [0.25, 0.3) is 0 Å². The van der Waals surface area contributed by atoms with Crippen molar-refractivity contribution in [2.45, 2.75) is 12.6 Å². The van der Waals surface area contributed by atoms with Crippen LogP contribution in [-0.4, -0.2) is 18.5 Å². The summed E-state index contributed by atoms with van der Waals surface area (Å²) in [6.07, 6.45) is 2.01. The Bertz CT molecular complexity index is 999. The van der Waals surface area contributed by atoms with E-state index >= 15 is 0 Å². The van der Waals surface area contributed by atoms with Gasteiger partial charge in [-0.3, -0.25) is 0 Å². The number of hydrogen-bond acceptors (Lipinski definition) is 4. The maximum absolute atomic E-state index is 13.8. The fraction of sp³-hybridized carbons (Fsp3) is 0.200. The summed E-state index contributed by atoms with van der Waals surface area (Å²) in [6.45, 7) is 0.881. The summed E-state index contributed by atoms with van der Waals surface area (Å²) < 4.78 is 32.4. The minimum atomic E-state index is -0.369. The molecule has 3 aromatic rings. The Morgan fingerprint density at radius 1 is 1.19 bits per heavy atom. The van der Waals surface area contributed by atoms with Crippen LogP contribution in [0.3, 0.4) is 0 Å². The van der Waals surface area contributed by atoms with Crippen LogP contribution in [0.2, 0.25) is 0 Å². The summed E-state index contributed by atoms with van der Waals surface area (Å²) in [5.74, 6) is 1.39. The number of ether oxygens (including phenoxy) is 3. The molecule has 1 atom stereocenters. The molecule has 0 fully saturated rings. The van der Waals surface area contributed by atoms with Crippen LogP contribution >= 0.6 is 0 Å². The second-order valence-electron chi connectivity index (χ2n) is 6.32. The van der Waals surface area contributed by atoms with Crippen molar-refractivity contribution in [3.8, 4) is 22.9 Å². The van der Waals surface area contributed by atoms with Gasteiger partial charge in [0.1, 0.15) is 0 Å². The highest BCUT2D eigenvalue weighted by molar-refractivity contribution is 5.63. The maximum atomic E-state index is 13.8. The molecule has 0 aliphatic carbocycles. The second-order valence-corrected chi connectivity index (χ2v) is 6.32.